The minimum Gasteiger partial charge on any atom is -0.481 e. The van der Waals surface area contributed by atoms with E-state index in [9.17, 15) is 24.3 Å². The Morgan fingerprint density at radius 3 is 2.42 bits per heavy atom. The molecule has 188 valence electrons. The molecule has 3 aromatic rings. The van der Waals surface area contributed by atoms with Crippen LogP contribution in [0.3, 0.4) is 0 Å². The van der Waals surface area contributed by atoms with Crippen molar-refractivity contribution in [2.24, 2.45) is 0 Å². The maximum absolute atomic E-state index is 13.2. The van der Waals surface area contributed by atoms with Crippen LogP contribution < -0.4 is 15.8 Å². The number of nitrogens with one attached hydrogen (secondary N) is 1. The number of amides is 2. The van der Waals surface area contributed by atoms with Crippen molar-refractivity contribution in [2.75, 3.05) is 31.1 Å². The van der Waals surface area contributed by atoms with Crippen molar-refractivity contribution in [1.29, 1.82) is 0 Å². The molecule has 0 spiro atoms. The molecular formula is C25H26ClN5O5. The number of hydrogen-bond acceptors (Lipinski definition) is 6. The summed E-state index contributed by atoms with van der Waals surface area (Å²) >= 11 is 5.91. The van der Waals surface area contributed by atoms with Gasteiger partial charge >= 0.3 is 5.97 Å². The van der Waals surface area contributed by atoms with Gasteiger partial charge in [0.1, 0.15) is 6.54 Å². The highest BCUT2D eigenvalue weighted by molar-refractivity contribution is 6.30. The van der Waals surface area contributed by atoms with Gasteiger partial charge in [0.15, 0.2) is 0 Å². The van der Waals surface area contributed by atoms with Crippen LogP contribution in [0.2, 0.25) is 5.02 Å². The molecule has 1 fully saturated rings. The summed E-state index contributed by atoms with van der Waals surface area (Å²) in [4.78, 5) is 57.1. The van der Waals surface area contributed by atoms with Gasteiger partial charge in [-0.25, -0.2) is 4.98 Å². The van der Waals surface area contributed by atoms with Gasteiger partial charge in [-0.15, -0.1) is 0 Å². The van der Waals surface area contributed by atoms with Crippen molar-refractivity contribution >= 4 is 46.0 Å². The number of rotatable bonds is 7. The number of nitrogens with zero attached hydrogens (tertiary/aromatic N) is 4. The van der Waals surface area contributed by atoms with Crippen molar-refractivity contribution in [3.05, 3.63) is 69.7 Å². The molecule has 1 aliphatic heterocycles. The first-order valence-corrected chi connectivity index (χ1v) is 11.9. The fourth-order valence-electron chi connectivity index (χ4n) is 4.25. The number of halogens is 1. The first-order valence-electron chi connectivity index (χ1n) is 11.5. The largest absolute Gasteiger partial charge is 0.481 e. The maximum atomic E-state index is 13.2. The van der Waals surface area contributed by atoms with E-state index in [4.69, 9.17) is 11.6 Å². The molecule has 1 saturated heterocycles. The summed E-state index contributed by atoms with van der Waals surface area (Å²) in [6.07, 6.45) is 0.989. The van der Waals surface area contributed by atoms with Gasteiger partial charge in [0.25, 0.3) is 5.56 Å². The molecule has 2 heterocycles. The van der Waals surface area contributed by atoms with Gasteiger partial charge in [-0.2, -0.15) is 0 Å². The van der Waals surface area contributed by atoms with Crippen molar-refractivity contribution in [2.45, 2.75) is 25.9 Å². The monoisotopic (exact) mass is 511 g/mol. The molecule has 2 amide bonds. The number of aliphatic carboxylic acids is 1. The number of fused-ring (bicyclic) bond motifs is 1. The number of carbonyl (C=O) groups is 3. The van der Waals surface area contributed by atoms with Gasteiger partial charge in [0.2, 0.25) is 11.8 Å². The summed E-state index contributed by atoms with van der Waals surface area (Å²) in [6.45, 7) is 3.75. The summed E-state index contributed by atoms with van der Waals surface area (Å²) in [6, 6.07) is 11.2. The highest BCUT2D eigenvalue weighted by Crippen LogP contribution is 2.21. The number of carbonyl (C=O) groups excluding carboxylic acids is 2. The molecule has 0 radical (unpaired) electrons. The number of carboxylic acid groups (broad SMARTS) is 1. The molecule has 10 nitrogen and oxygen atoms in total. The van der Waals surface area contributed by atoms with E-state index in [1.54, 1.807) is 48.2 Å². The maximum Gasteiger partial charge on any atom is 0.305 e. The van der Waals surface area contributed by atoms with Crippen LogP contribution in [0.25, 0.3) is 10.9 Å². The molecule has 1 aliphatic rings. The molecule has 4 rings (SSSR count). The third-order valence-electron chi connectivity index (χ3n) is 6.20. The fourth-order valence-corrected chi connectivity index (χ4v) is 4.38. The number of aromatic nitrogens is 2. The van der Waals surface area contributed by atoms with Crippen LogP contribution in [0.1, 0.15) is 24.9 Å². The van der Waals surface area contributed by atoms with Crippen molar-refractivity contribution in [1.82, 2.24) is 19.8 Å². The number of piperazine rings is 1. The normalized spacial score (nSPS) is 14.5. The van der Waals surface area contributed by atoms with Gasteiger partial charge in [-0.3, -0.25) is 23.7 Å². The van der Waals surface area contributed by atoms with E-state index in [2.05, 4.69) is 15.2 Å². The highest BCUT2D eigenvalue weighted by atomic mass is 35.5. The molecule has 0 saturated carbocycles. The molecule has 1 aromatic heterocycles. The smallest absolute Gasteiger partial charge is 0.305 e. The third-order valence-corrected chi connectivity index (χ3v) is 6.45. The van der Waals surface area contributed by atoms with E-state index in [1.165, 1.54) is 10.9 Å². The van der Waals surface area contributed by atoms with Crippen LogP contribution in [0.5, 0.6) is 0 Å². The summed E-state index contributed by atoms with van der Waals surface area (Å²) < 4.78 is 1.20. The minimum atomic E-state index is -1.07. The fraction of sp³-hybridized carbons (Fsp3) is 0.320. The van der Waals surface area contributed by atoms with Gasteiger partial charge < -0.3 is 20.2 Å². The van der Waals surface area contributed by atoms with Crippen LogP contribution in [-0.2, 0) is 20.9 Å². The van der Waals surface area contributed by atoms with E-state index >= 15 is 0 Å². The molecule has 0 aliphatic carbocycles. The molecule has 0 bridgehead atoms. The first-order chi connectivity index (χ1) is 17.2. The van der Waals surface area contributed by atoms with E-state index in [-0.39, 0.29) is 24.4 Å². The molecule has 11 heteroatoms. The number of anilines is 1. The lowest BCUT2D eigenvalue weighted by Gasteiger charge is -2.35. The zero-order valence-electron chi connectivity index (χ0n) is 19.7. The van der Waals surface area contributed by atoms with E-state index in [1.807, 2.05) is 6.07 Å². The Labute approximate surface area is 212 Å². The van der Waals surface area contributed by atoms with Crippen LogP contribution in [-0.4, -0.2) is 63.5 Å². The van der Waals surface area contributed by atoms with Gasteiger partial charge in [0.05, 0.1) is 29.7 Å². The molecule has 36 heavy (non-hydrogen) atoms. The summed E-state index contributed by atoms with van der Waals surface area (Å²) in [5, 5.41) is 12.8. The lowest BCUT2D eigenvalue weighted by Crippen LogP contribution is -2.48. The number of carboxylic acids is 1. The van der Waals surface area contributed by atoms with E-state index in [0.717, 1.165) is 5.69 Å². The molecule has 1 unspecified atom stereocenters. The first kappa shape index (κ1) is 25.2. The minimum absolute atomic E-state index is 0.0418. The third kappa shape index (κ3) is 5.83. The topological polar surface area (TPSA) is 125 Å². The van der Waals surface area contributed by atoms with Crippen LogP contribution in [0.4, 0.5) is 5.69 Å². The number of benzene rings is 2. The Hall–Kier alpha value is -3.92. The van der Waals surface area contributed by atoms with Crippen LogP contribution in [0, 0.1) is 0 Å². The molecular weight excluding hydrogens is 486 g/mol. The Balaban J connectivity index is 1.51. The Bertz CT molecular complexity index is 1350. The van der Waals surface area contributed by atoms with Crippen LogP contribution >= 0.6 is 11.6 Å². The van der Waals surface area contributed by atoms with Crippen molar-refractivity contribution < 1.29 is 19.5 Å². The second-order valence-electron chi connectivity index (χ2n) is 8.64. The van der Waals surface area contributed by atoms with Gasteiger partial charge in [0, 0.05) is 43.8 Å². The lowest BCUT2D eigenvalue weighted by molar-refractivity contribution is -0.138. The van der Waals surface area contributed by atoms with Gasteiger partial charge in [-0.05, 0) is 35.9 Å². The quantitative estimate of drug-likeness (QED) is 0.497. The highest BCUT2D eigenvalue weighted by Gasteiger charge is 2.21. The predicted molar refractivity (Wildman–Crippen MR) is 135 cm³/mol. The Morgan fingerprint density at radius 1 is 1.08 bits per heavy atom. The van der Waals surface area contributed by atoms with Crippen molar-refractivity contribution in [3.63, 3.8) is 0 Å². The molecule has 2 aromatic carbocycles. The lowest BCUT2D eigenvalue weighted by atomic mass is 10.0. The number of hydrogen-bond donors (Lipinski definition) is 2. The van der Waals surface area contributed by atoms with Crippen molar-refractivity contribution in [3.8, 4) is 0 Å². The second kappa shape index (κ2) is 10.8. The average Bonchev–Trinajstić information content (AvgIpc) is 2.85. The summed E-state index contributed by atoms with van der Waals surface area (Å²) in [5.41, 5.74) is 1.57. The van der Waals surface area contributed by atoms with E-state index in [0.29, 0.717) is 47.7 Å². The Kier molecular flexibility index (Phi) is 7.54. The zero-order valence-corrected chi connectivity index (χ0v) is 20.4. The molecule has 1 atom stereocenters. The second-order valence-corrected chi connectivity index (χ2v) is 9.08. The summed E-state index contributed by atoms with van der Waals surface area (Å²) in [7, 11) is 0. The standard InChI is InChI=1S/C25H26ClN5O5/c1-16(32)29-8-10-30(11-9-29)19-6-7-21-20(12-19)25(36)31(15-27-21)14-23(33)28-22(13-24(34)35)17-2-4-18(26)5-3-17/h2-7,12,15,22H,8-11,13-14H2,1H3,(H,28,33)(H,34,35). The predicted octanol–water partition coefficient (Wildman–Crippen LogP) is 2.05. The molecule has 2 N–H and O–H groups in total. The zero-order chi connectivity index (χ0) is 25.8. The Morgan fingerprint density at radius 2 is 1.78 bits per heavy atom. The SMILES string of the molecule is CC(=O)N1CCN(c2ccc3ncn(CC(=O)NC(CC(=O)O)c4ccc(Cl)cc4)c(=O)c3c2)CC1. The average molecular weight is 512 g/mol. The van der Waals surface area contributed by atoms with Crippen LogP contribution in [0.15, 0.2) is 53.6 Å². The van der Waals surface area contributed by atoms with E-state index < -0.39 is 17.9 Å². The van der Waals surface area contributed by atoms with Gasteiger partial charge in [-0.1, -0.05) is 23.7 Å². The summed E-state index contributed by atoms with van der Waals surface area (Å²) in [5.74, 6) is -1.55.